The predicted octanol–water partition coefficient (Wildman–Crippen LogP) is 2.62. The summed E-state index contributed by atoms with van der Waals surface area (Å²) in [4.78, 5) is 12.0. The Bertz CT molecular complexity index is 587. The molecule has 1 heterocycles. The van der Waals surface area contributed by atoms with Crippen LogP contribution in [0, 0.1) is 13.8 Å². The molecule has 0 radical (unpaired) electrons. The summed E-state index contributed by atoms with van der Waals surface area (Å²) in [6.45, 7) is 3.73. The van der Waals surface area contributed by atoms with Gasteiger partial charge in [0.1, 0.15) is 5.56 Å². The molecule has 94 valence electrons. The van der Waals surface area contributed by atoms with Gasteiger partial charge in [0.25, 0.3) is 5.91 Å². The minimum Gasteiger partial charge on any atom is -0.382 e. The number of carbonyl (C=O) groups excluding carboxylic acids is 1. The van der Waals surface area contributed by atoms with Gasteiger partial charge in [-0.1, -0.05) is 22.0 Å². The molecule has 0 aliphatic rings. The van der Waals surface area contributed by atoms with E-state index in [-0.39, 0.29) is 11.7 Å². The van der Waals surface area contributed by atoms with E-state index in [0.29, 0.717) is 16.9 Å². The van der Waals surface area contributed by atoms with Gasteiger partial charge < -0.3 is 11.1 Å². The van der Waals surface area contributed by atoms with E-state index in [0.717, 1.165) is 10.0 Å². The fraction of sp³-hybridized carbons (Fsp3) is 0.167. The van der Waals surface area contributed by atoms with Gasteiger partial charge in [-0.25, -0.2) is 0 Å². The van der Waals surface area contributed by atoms with Gasteiger partial charge in [0.2, 0.25) is 0 Å². The summed E-state index contributed by atoms with van der Waals surface area (Å²) in [6.07, 6.45) is 0. The molecule has 0 bridgehead atoms. The average Bonchev–Trinajstić information content (AvgIpc) is 2.64. The van der Waals surface area contributed by atoms with E-state index in [9.17, 15) is 4.79 Å². The van der Waals surface area contributed by atoms with Gasteiger partial charge in [-0.05, 0) is 31.5 Å². The summed E-state index contributed by atoms with van der Waals surface area (Å²) >= 11 is 3.42. The minimum atomic E-state index is -0.269. The molecule has 5 nitrogen and oxygen atoms in total. The Balaban J connectivity index is 2.24. The lowest BCUT2D eigenvalue weighted by molar-refractivity contribution is 0.102. The number of nitrogens with two attached hydrogens (primary N) is 1. The Morgan fingerprint density at radius 2 is 2.17 bits per heavy atom. The van der Waals surface area contributed by atoms with Gasteiger partial charge in [-0.3, -0.25) is 9.89 Å². The van der Waals surface area contributed by atoms with Crippen molar-refractivity contribution in [3.05, 3.63) is 39.5 Å². The van der Waals surface area contributed by atoms with Gasteiger partial charge in [-0.2, -0.15) is 5.10 Å². The van der Waals surface area contributed by atoms with Crippen molar-refractivity contribution in [1.82, 2.24) is 10.2 Å². The van der Waals surface area contributed by atoms with Crippen LogP contribution in [0.5, 0.6) is 0 Å². The second-order valence-electron chi connectivity index (χ2n) is 4.03. The molecule has 0 aliphatic heterocycles. The Labute approximate surface area is 113 Å². The molecule has 0 spiro atoms. The summed E-state index contributed by atoms with van der Waals surface area (Å²) < 4.78 is 0.942. The van der Waals surface area contributed by atoms with Crippen LogP contribution in [0.2, 0.25) is 0 Å². The number of carbonyl (C=O) groups is 1. The first kappa shape index (κ1) is 12.6. The molecule has 0 saturated heterocycles. The third kappa shape index (κ3) is 2.38. The summed E-state index contributed by atoms with van der Waals surface area (Å²) in [7, 11) is 0. The van der Waals surface area contributed by atoms with Crippen molar-refractivity contribution in [3.8, 4) is 0 Å². The van der Waals surface area contributed by atoms with Crippen molar-refractivity contribution >= 4 is 33.3 Å². The lowest BCUT2D eigenvalue weighted by Gasteiger charge is -2.07. The smallest absolute Gasteiger partial charge is 0.261 e. The highest BCUT2D eigenvalue weighted by atomic mass is 79.9. The largest absolute Gasteiger partial charge is 0.382 e. The number of hydrogen-bond acceptors (Lipinski definition) is 3. The van der Waals surface area contributed by atoms with E-state index in [1.165, 1.54) is 0 Å². The van der Waals surface area contributed by atoms with Crippen LogP contribution in [0.1, 0.15) is 21.6 Å². The number of aromatic nitrogens is 2. The van der Waals surface area contributed by atoms with Crippen molar-refractivity contribution in [2.45, 2.75) is 13.8 Å². The Morgan fingerprint density at radius 3 is 2.72 bits per heavy atom. The van der Waals surface area contributed by atoms with E-state index in [1.54, 1.807) is 6.92 Å². The number of H-pyrrole nitrogens is 1. The number of halogens is 1. The maximum Gasteiger partial charge on any atom is 0.261 e. The van der Waals surface area contributed by atoms with Gasteiger partial charge in [0.05, 0.1) is 0 Å². The van der Waals surface area contributed by atoms with Crippen LogP contribution in [0.3, 0.4) is 0 Å². The Hall–Kier alpha value is -1.82. The third-order valence-electron chi connectivity index (χ3n) is 2.63. The summed E-state index contributed by atoms with van der Waals surface area (Å²) in [5.41, 5.74) is 8.48. The van der Waals surface area contributed by atoms with Crippen LogP contribution < -0.4 is 11.1 Å². The van der Waals surface area contributed by atoms with E-state index >= 15 is 0 Å². The number of nitrogens with zero attached hydrogens (tertiary/aromatic N) is 1. The maximum absolute atomic E-state index is 12.0. The molecule has 2 aromatic rings. The first-order valence-electron chi connectivity index (χ1n) is 5.37. The lowest BCUT2D eigenvalue weighted by Crippen LogP contribution is -2.14. The molecule has 1 aromatic heterocycles. The highest BCUT2D eigenvalue weighted by Crippen LogP contribution is 2.22. The van der Waals surface area contributed by atoms with Gasteiger partial charge in [0.15, 0.2) is 5.82 Å². The molecule has 0 aliphatic carbocycles. The van der Waals surface area contributed by atoms with Gasteiger partial charge in [0, 0.05) is 15.9 Å². The quantitative estimate of drug-likeness (QED) is 0.797. The second kappa shape index (κ2) is 4.81. The van der Waals surface area contributed by atoms with Crippen LogP contribution in [0.15, 0.2) is 22.7 Å². The molecule has 0 atom stereocenters. The average molecular weight is 309 g/mol. The molecular weight excluding hydrogens is 296 g/mol. The molecule has 6 heteroatoms. The van der Waals surface area contributed by atoms with Crippen LogP contribution in [0.25, 0.3) is 0 Å². The number of benzene rings is 1. The molecule has 18 heavy (non-hydrogen) atoms. The van der Waals surface area contributed by atoms with E-state index in [1.807, 2.05) is 25.1 Å². The molecule has 1 aromatic carbocycles. The number of aryl methyl sites for hydroxylation is 2. The van der Waals surface area contributed by atoms with Gasteiger partial charge >= 0.3 is 0 Å². The summed E-state index contributed by atoms with van der Waals surface area (Å²) in [5.74, 6) is -0.0642. The van der Waals surface area contributed by atoms with Crippen molar-refractivity contribution in [3.63, 3.8) is 0 Å². The van der Waals surface area contributed by atoms with E-state index in [2.05, 4.69) is 31.4 Å². The zero-order valence-corrected chi connectivity index (χ0v) is 11.6. The van der Waals surface area contributed by atoms with Crippen molar-refractivity contribution in [2.24, 2.45) is 0 Å². The van der Waals surface area contributed by atoms with Crippen LogP contribution in [0.4, 0.5) is 11.5 Å². The number of rotatable bonds is 2. The SMILES string of the molecule is Cc1ccc(NC(=O)c2c(N)n[nH]c2C)cc1Br. The summed E-state index contributed by atoms with van der Waals surface area (Å²) in [6, 6.07) is 5.60. The molecular formula is C12H13BrN4O. The highest BCUT2D eigenvalue weighted by molar-refractivity contribution is 9.10. The topological polar surface area (TPSA) is 83.8 Å². The van der Waals surface area contributed by atoms with Crippen molar-refractivity contribution < 1.29 is 4.79 Å². The van der Waals surface area contributed by atoms with E-state index < -0.39 is 0 Å². The molecule has 0 fully saturated rings. The van der Waals surface area contributed by atoms with Crippen LogP contribution in [-0.4, -0.2) is 16.1 Å². The minimum absolute atomic E-state index is 0.205. The zero-order chi connectivity index (χ0) is 13.3. The number of nitrogens with one attached hydrogen (secondary N) is 2. The molecule has 4 N–H and O–H groups in total. The predicted molar refractivity (Wildman–Crippen MR) is 74.6 cm³/mol. The number of nitrogen functional groups attached to an aromatic ring is 1. The highest BCUT2D eigenvalue weighted by Gasteiger charge is 2.16. The second-order valence-corrected chi connectivity index (χ2v) is 4.88. The maximum atomic E-state index is 12.0. The number of hydrogen-bond donors (Lipinski definition) is 3. The van der Waals surface area contributed by atoms with Gasteiger partial charge in [-0.15, -0.1) is 0 Å². The Kier molecular flexibility index (Phi) is 3.38. The normalized spacial score (nSPS) is 10.4. The van der Waals surface area contributed by atoms with Crippen LogP contribution >= 0.6 is 15.9 Å². The summed E-state index contributed by atoms with van der Waals surface area (Å²) in [5, 5.41) is 9.26. The fourth-order valence-electron chi connectivity index (χ4n) is 1.60. The number of aromatic amines is 1. The van der Waals surface area contributed by atoms with Crippen molar-refractivity contribution in [2.75, 3.05) is 11.1 Å². The lowest BCUT2D eigenvalue weighted by atomic mass is 10.2. The molecule has 0 saturated carbocycles. The first-order valence-corrected chi connectivity index (χ1v) is 6.16. The third-order valence-corrected chi connectivity index (χ3v) is 3.49. The zero-order valence-electron chi connectivity index (χ0n) is 10.0. The van der Waals surface area contributed by atoms with E-state index in [4.69, 9.17) is 5.73 Å². The standard InChI is InChI=1S/C12H13BrN4O/c1-6-3-4-8(5-9(6)13)15-12(18)10-7(2)16-17-11(10)14/h3-5H,1-2H3,(H,15,18)(H3,14,16,17). The Morgan fingerprint density at radius 1 is 1.44 bits per heavy atom. The molecule has 0 unspecified atom stereocenters. The monoisotopic (exact) mass is 308 g/mol. The first-order chi connectivity index (χ1) is 8.49. The molecule has 1 amide bonds. The number of amides is 1. The number of anilines is 2. The van der Waals surface area contributed by atoms with Crippen molar-refractivity contribution in [1.29, 1.82) is 0 Å². The van der Waals surface area contributed by atoms with Crippen LogP contribution in [-0.2, 0) is 0 Å². The molecule has 2 rings (SSSR count). The fourth-order valence-corrected chi connectivity index (χ4v) is 1.98.